The van der Waals surface area contributed by atoms with Crippen LogP contribution in [0.5, 0.6) is 0 Å². The Morgan fingerprint density at radius 2 is 2.24 bits per heavy atom. The highest BCUT2D eigenvalue weighted by Gasteiger charge is 2.11. The van der Waals surface area contributed by atoms with Crippen molar-refractivity contribution in [1.29, 1.82) is 0 Å². The predicted molar refractivity (Wildman–Crippen MR) is 88.6 cm³/mol. The molecule has 3 aromatic heterocycles. The summed E-state index contributed by atoms with van der Waals surface area (Å²) in [5, 5.41) is 9.10. The number of thiophene rings is 1. The Bertz CT molecular complexity index is 819. The van der Waals surface area contributed by atoms with Gasteiger partial charge in [0.15, 0.2) is 0 Å². The second kappa shape index (κ2) is 5.82. The number of hydrogen-bond donors (Lipinski definition) is 3. The van der Waals surface area contributed by atoms with Crippen molar-refractivity contribution in [1.82, 2.24) is 15.0 Å². The van der Waals surface area contributed by atoms with Crippen molar-refractivity contribution < 1.29 is 0 Å². The summed E-state index contributed by atoms with van der Waals surface area (Å²) in [5.41, 5.74) is 0.855. The van der Waals surface area contributed by atoms with Crippen molar-refractivity contribution in [3.63, 3.8) is 0 Å². The van der Waals surface area contributed by atoms with Crippen LogP contribution in [0.3, 0.4) is 0 Å². The second-order valence-electron chi connectivity index (χ2n) is 4.46. The van der Waals surface area contributed by atoms with Gasteiger partial charge in [-0.3, -0.25) is 4.79 Å². The standard InChI is InChI=1S/C13H15N5OS2/c1-3-8-4-9-10(15-5-7-6-20-13(19)16-7)17-12(14-2)18-11(9)21-8/h4,6H,3,5H2,1-2H3,(H,16,19)(H2,14,15,17,18). The van der Waals surface area contributed by atoms with Crippen LogP contribution >= 0.6 is 22.7 Å². The van der Waals surface area contributed by atoms with Crippen LogP contribution in [0.15, 0.2) is 16.2 Å². The van der Waals surface area contributed by atoms with E-state index in [-0.39, 0.29) is 4.87 Å². The summed E-state index contributed by atoms with van der Waals surface area (Å²) in [6.45, 7) is 2.66. The minimum Gasteiger partial charge on any atom is -0.364 e. The molecule has 0 saturated carbocycles. The molecule has 110 valence electrons. The number of thiazole rings is 1. The number of anilines is 2. The number of nitrogens with zero attached hydrogens (tertiary/aromatic N) is 2. The van der Waals surface area contributed by atoms with Crippen LogP contribution in [0.25, 0.3) is 10.2 Å². The molecule has 3 N–H and O–H groups in total. The van der Waals surface area contributed by atoms with E-state index in [2.05, 4.69) is 38.6 Å². The number of H-pyrrole nitrogens is 1. The fourth-order valence-corrected chi connectivity index (χ4v) is 3.52. The van der Waals surface area contributed by atoms with Crippen LogP contribution in [-0.4, -0.2) is 22.0 Å². The summed E-state index contributed by atoms with van der Waals surface area (Å²) in [5.74, 6) is 1.38. The van der Waals surface area contributed by atoms with Crippen LogP contribution in [0.1, 0.15) is 17.5 Å². The average molecular weight is 321 g/mol. The highest BCUT2D eigenvalue weighted by atomic mass is 32.1. The normalized spacial score (nSPS) is 11.0. The Morgan fingerprint density at radius 3 is 2.90 bits per heavy atom. The van der Waals surface area contributed by atoms with Gasteiger partial charge in [0, 0.05) is 23.0 Å². The van der Waals surface area contributed by atoms with Gasteiger partial charge < -0.3 is 15.6 Å². The minimum absolute atomic E-state index is 0.0423. The molecule has 0 amide bonds. The zero-order valence-corrected chi connectivity index (χ0v) is 13.3. The summed E-state index contributed by atoms with van der Waals surface area (Å²) in [7, 11) is 1.80. The first-order chi connectivity index (χ1) is 10.2. The molecular formula is C13H15N5OS2. The number of aromatic amines is 1. The molecule has 3 heterocycles. The van der Waals surface area contributed by atoms with E-state index in [4.69, 9.17) is 0 Å². The second-order valence-corrected chi connectivity index (χ2v) is 6.42. The lowest BCUT2D eigenvalue weighted by Crippen LogP contribution is -2.06. The number of hydrogen-bond acceptors (Lipinski definition) is 7. The fourth-order valence-electron chi connectivity index (χ4n) is 1.97. The van der Waals surface area contributed by atoms with Gasteiger partial charge >= 0.3 is 4.87 Å². The molecule has 0 atom stereocenters. The van der Waals surface area contributed by atoms with E-state index in [1.807, 2.05) is 5.38 Å². The number of fused-ring (bicyclic) bond motifs is 1. The Morgan fingerprint density at radius 1 is 1.38 bits per heavy atom. The van der Waals surface area contributed by atoms with Gasteiger partial charge in [0.25, 0.3) is 0 Å². The molecule has 0 aromatic carbocycles. The van der Waals surface area contributed by atoms with E-state index in [1.165, 1.54) is 4.88 Å². The molecular weight excluding hydrogens is 306 g/mol. The molecule has 0 aliphatic carbocycles. The summed E-state index contributed by atoms with van der Waals surface area (Å²) in [6.07, 6.45) is 0.979. The van der Waals surface area contributed by atoms with Crippen LogP contribution in [-0.2, 0) is 13.0 Å². The first-order valence-electron chi connectivity index (χ1n) is 6.58. The Balaban J connectivity index is 1.95. The van der Waals surface area contributed by atoms with E-state index in [0.717, 1.165) is 39.5 Å². The van der Waals surface area contributed by atoms with Crippen LogP contribution in [0, 0.1) is 0 Å². The molecule has 21 heavy (non-hydrogen) atoms. The van der Waals surface area contributed by atoms with E-state index in [1.54, 1.807) is 18.4 Å². The quantitative estimate of drug-likeness (QED) is 0.673. The third-order valence-electron chi connectivity index (χ3n) is 3.03. The Hall–Kier alpha value is -1.93. The van der Waals surface area contributed by atoms with E-state index in [0.29, 0.717) is 12.5 Å². The van der Waals surface area contributed by atoms with Crippen molar-refractivity contribution in [2.24, 2.45) is 0 Å². The van der Waals surface area contributed by atoms with Crippen LogP contribution in [0.2, 0.25) is 0 Å². The van der Waals surface area contributed by atoms with Crippen molar-refractivity contribution in [2.45, 2.75) is 19.9 Å². The SMILES string of the molecule is CCc1cc2c(NCc3csc(=O)[nH]3)nc(NC)nc2s1. The number of nitrogens with one attached hydrogen (secondary N) is 3. The monoisotopic (exact) mass is 321 g/mol. The Labute approximate surface area is 129 Å². The van der Waals surface area contributed by atoms with Gasteiger partial charge in [-0.1, -0.05) is 18.3 Å². The maximum absolute atomic E-state index is 11.2. The largest absolute Gasteiger partial charge is 0.364 e. The molecule has 0 saturated heterocycles. The lowest BCUT2D eigenvalue weighted by Gasteiger charge is -2.07. The molecule has 0 spiro atoms. The molecule has 3 rings (SSSR count). The highest BCUT2D eigenvalue weighted by molar-refractivity contribution is 7.18. The summed E-state index contributed by atoms with van der Waals surface area (Å²) < 4.78 is 0. The fraction of sp³-hybridized carbons (Fsp3) is 0.308. The van der Waals surface area contributed by atoms with Crippen molar-refractivity contribution in [3.8, 4) is 0 Å². The zero-order chi connectivity index (χ0) is 14.8. The highest BCUT2D eigenvalue weighted by Crippen LogP contribution is 2.30. The molecule has 3 aromatic rings. The molecule has 0 aliphatic heterocycles. The van der Waals surface area contributed by atoms with Crippen molar-refractivity contribution in [3.05, 3.63) is 31.7 Å². The third-order valence-corrected chi connectivity index (χ3v) is 4.92. The molecule has 8 heteroatoms. The summed E-state index contributed by atoms with van der Waals surface area (Å²) in [4.78, 5) is 25.1. The van der Waals surface area contributed by atoms with Crippen molar-refractivity contribution >= 4 is 44.7 Å². The van der Waals surface area contributed by atoms with E-state index in [9.17, 15) is 4.79 Å². The van der Waals surface area contributed by atoms with E-state index >= 15 is 0 Å². The van der Waals surface area contributed by atoms with Gasteiger partial charge in [-0.2, -0.15) is 4.98 Å². The lowest BCUT2D eigenvalue weighted by molar-refractivity contribution is 1.04. The summed E-state index contributed by atoms with van der Waals surface area (Å²) in [6, 6.07) is 2.12. The first kappa shape index (κ1) is 14.0. The lowest BCUT2D eigenvalue weighted by atomic mass is 10.3. The zero-order valence-electron chi connectivity index (χ0n) is 11.7. The molecule has 0 radical (unpaired) electrons. The minimum atomic E-state index is -0.0423. The van der Waals surface area contributed by atoms with Gasteiger partial charge in [0.05, 0.1) is 11.9 Å². The van der Waals surface area contributed by atoms with Gasteiger partial charge in [-0.25, -0.2) is 4.98 Å². The van der Waals surface area contributed by atoms with E-state index < -0.39 is 0 Å². The molecule has 0 aliphatic rings. The number of aromatic nitrogens is 3. The molecule has 0 unspecified atom stereocenters. The smallest absolute Gasteiger partial charge is 0.304 e. The van der Waals surface area contributed by atoms with Crippen LogP contribution in [0.4, 0.5) is 11.8 Å². The van der Waals surface area contributed by atoms with Gasteiger partial charge in [0.1, 0.15) is 10.6 Å². The van der Waals surface area contributed by atoms with Gasteiger partial charge in [-0.15, -0.1) is 11.3 Å². The topological polar surface area (TPSA) is 82.7 Å². The Kier molecular flexibility index (Phi) is 3.89. The average Bonchev–Trinajstić information content (AvgIpc) is 3.10. The van der Waals surface area contributed by atoms with Gasteiger partial charge in [-0.05, 0) is 12.5 Å². The molecule has 6 nitrogen and oxygen atoms in total. The summed E-state index contributed by atoms with van der Waals surface area (Å²) >= 11 is 2.84. The first-order valence-corrected chi connectivity index (χ1v) is 8.28. The number of aryl methyl sites for hydroxylation is 1. The maximum Gasteiger partial charge on any atom is 0.304 e. The maximum atomic E-state index is 11.2. The molecule has 0 fully saturated rings. The number of rotatable bonds is 5. The van der Waals surface area contributed by atoms with Crippen molar-refractivity contribution in [2.75, 3.05) is 17.7 Å². The predicted octanol–water partition coefficient (Wildman–Crippen LogP) is 2.66. The van der Waals surface area contributed by atoms with Crippen LogP contribution < -0.4 is 15.5 Å². The molecule has 0 bridgehead atoms. The third kappa shape index (κ3) is 2.91. The van der Waals surface area contributed by atoms with Gasteiger partial charge in [0.2, 0.25) is 5.95 Å².